The summed E-state index contributed by atoms with van der Waals surface area (Å²) in [6.07, 6.45) is -3.57. The number of alkyl halides is 3. The van der Waals surface area contributed by atoms with Gasteiger partial charge >= 0.3 is 12.1 Å². The summed E-state index contributed by atoms with van der Waals surface area (Å²) in [6, 6.07) is 3.23. The molecule has 0 aromatic heterocycles. The van der Waals surface area contributed by atoms with Crippen molar-refractivity contribution in [1.29, 1.82) is 0 Å². The van der Waals surface area contributed by atoms with Crippen LogP contribution in [0.25, 0.3) is 0 Å². The van der Waals surface area contributed by atoms with Gasteiger partial charge in [-0.15, -0.1) is 0 Å². The van der Waals surface area contributed by atoms with E-state index >= 15 is 0 Å². The topological polar surface area (TPSA) is 40.5 Å². The number of hydrogen-bond donors (Lipinski definition) is 1. The van der Waals surface area contributed by atoms with Crippen LogP contribution in [-0.2, 0) is 6.18 Å². The fraction of sp³-hybridized carbons (Fsp3) is 0.533. The van der Waals surface area contributed by atoms with E-state index in [9.17, 15) is 18.0 Å². The van der Waals surface area contributed by atoms with Crippen molar-refractivity contribution in [2.45, 2.75) is 26.4 Å². The highest BCUT2D eigenvalue weighted by Gasteiger charge is 2.36. The maximum atomic E-state index is 13.2. The number of rotatable bonds is 2. The van der Waals surface area contributed by atoms with E-state index in [1.54, 1.807) is 4.90 Å². The SMILES string of the molecule is CC1CC(C)CN(c2ccc(C(=O)O)cc2C(F)(F)F)C1. The predicted octanol–water partition coefficient (Wildman–Crippen LogP) is 3.89. The first kappa shape index (κ1) is 15.7. The number of benzene rings is 1. The van der Waals surface area contributed by atoms with Crippen molar-refractivity contribution >= 4 is 11.7 Å². The lowest BCUT2D eigenvalue weighted by molar-refractivity contribution is -0.137. The molecule has 0 radical (unpaired) electrons. The molecule has 0 amide bonds. The standard InChI is InChI=1S/C15H18F3NO2/c1-9-5-10(2)8-19(7-9)13-4-3-11(14(20)21)6-12(13)15(16,17)18/h3-4,6,9-10H,5,7-8H2,1-2H3,(H,20,21). The molecule has 1 aromatic rings. The summed E-state index contributed by atoms with van der Waals surface area (Å²) >= 11 is 0. The first-order chi connectivity index (χ1) is 9.68. The highest BCUT2D eigenvalue weighted by Crippen LogP contribution is 2.39. The number of carboxylic acid groups (broad SMARTS) is 1. The van der Waals surface area contributed by atoms with Gasteiger partial charge < -0.3 is 10.0 Å². The Morgan fingerprint density at radius 3 is 2.29 bits per heavy atom. The van der Waals surface area contributed by atoms with Gasteiger partial charge in [-0.05, 0) is 36.5 Å². The first-order valence-corrected chi connectivity index (χ1v) is 6.88. The highest BCUT2D eigenvalue weighted by molar-refractivity contribution is 5.88. The molecule has 1 saturated heterocycles. The van der Waals surface area contributed by atoms with Gasteiger partial charge in [0.05, 0.1) is 11.1 Å². The third-order valence-electron chi connectivity index (χ3n) is 3.76. The molecule has 1 aliphatic rings. The van der Waals surface area contributed by atoms with E-state index in [2.05, 4.69) is 0 Å². The molecule has 2 atom stereocenters. The number of piperidine rings is 1. The summed E-state index contributed by atoms with van der Waals surface area (Å²) in [5, 5.41) is 8.88. The monoisotopic (exact) mass is 301 g/mol. The molecular weight excluding hydrogens is 283 g/mol. The Kier molecular flexibility index (Phi) is 4.16. The van der Waals surface area contributed by atoms with Crippen LogP contribution in [0, 0.1) is 11.8 Å². The average molecular weight is 301 g/mol. The lowest BCUT2D eigenvalue weighted by atomic mass is 9.91. The fourth-order valence-electron chi connectivity index (χ4n) is 3.03. The van der Waals surface area contributed by atoms with Crippen LogP contribution in [0.15, 0.2) is 18.2 Å². The largest absolute Gasteiger partial charge is 0.478 e. The zero-order valence-corrected chi connectivity index (χ0v) is 11.9. The third-order valence-corrected chi connectivity index (χ3v) is 3.76. The highest BCUT2D eigenvalue weighted by atomic mass is 19.4. The van der Waals surface area contributed by atoms with Gasteiger partial charge in [-0.2, -0.15) is 13.2 Å². The lowest BCUT2D eigenvalue weighted by Gasteiger charge is -2.37. The van der Waals surface area contributed by atoms with Gasteiger partial charge in [0.2, 0.25) is 0 Å². The Bertz CT molecular complexity index is 532. The van der Waals surface area contributed by atoms with Crippen molar-refractivity contribution < 1.29 is 23.1 Å². The number of nitrogens with zero attached hydrogens (tertiary/aromatic N) is 1. The number of carboxylic acids is 1. The van der Waals surface area contributed by atoms with Crippen LogP contribution in [0.4, 0.5) is 18.9 Å². The molecule has 1 aliphatic heterocycles. The van der Waals surface area contributed by atoms with Crippen LogP contribution < -0.4 is 4.90 Å². The molecule has 3 nitrogen and oxygen atoms in total. The minimum absolute atomic E-state index is 0.0749. The summed E-state index contributed by atoms with van der Waals surface area (Å²) in [4.78, 5) is 12.6. The number of anilines is 1. The number of halogens is 3. The van der Waals surface area contributed by atoms with E-state index in [0.717, 1.165) is 12.5 Å². The molecular formula is C15H18F3NO2. The number of aromatic carboxylic acids is 1. The minimum Gasteiger partial charge on any atom is -0.478 e. The second-order valence-electron chi connectivity index (χ2n) is 5.89. The Hall–Kier alpha value is -1.72. The molecule has 21 heavy (non-hydrogen) atoms. The molecule has 116 valence electrons. The van der Waals surface area contributed by atoms with Crippen molar-refractivity contribution in [3.8, 4) is 0 Å². The molecule has 0 aliphatic carbocycles. The molecule has 2 unspecified atom stereocenters. The van der Waals surface area contributed by atoms with E-state index < -0.39 is 17.7 Å². The van der Waals surface area contributed by atoms with Gasteiger partial charge in [0, 0.05) is 18.8 Å². The van der Waals surface area contributed by atoms with Gasteiger partial charge in [-0.3, -0.25) is 0 Å². The lowest BCUT2D eigenvalue weighted by Crippen LogP contribution is -2.39. The molecule has 6 heteroatoms. The molecule has 1 N–H and O–H groups in total. The Morgan fingerprint density at radius 2 is 1.81 bits per heavy atom. The van der Waals surface area contributed by atoms with Crippen LogP contribution in [0.1, 0.15) is 36.2 Å². The van der Waals surface area contributed by atoms with Crippen LogP contribution in [-0.4, -0.2) is 24.2 Å². The molecule has 1 aromatic carbocycles. The number of hydrogen-bond acceptors (Lipinski definition) is 2. The van der Waals surface area contributed by atoms with E-state index in [-0.39, 0.29) is 11.3 Å². The van der Waals surface area contributed by atoms with Crippen LogP contribution in [0.5, 0.6) is 0 Å². The number of carbonyl (C=O) groups is 1. The Labute approximate surface area is 121 Å². The maximum Gasteiger partial charge on any atom is 0.418 e. The third kappa shape index (κ3) is 3.49. The van der Waals surface area contributed by atoms with Crippen molar-refractivity contribution in [3.63, 3.8) is 0 Å². The van der Waals surface area contributed by atoms with E-state index in [1.807, 2.05) is 13.8 Å². The van der Waals surface area contributed by atoms with Gasteiger partial charge in [-0.1, -0.05) is 13.8 Å². The van der Waals surface area contributed by atoms with E-state index in [1.165, 1.54) is 12.1 Å². The first-order valence-electron chi connectivity index (χ1n) is 6.88. The minimum atomic E-state index is -4.56. The smallest absolute Gasteiger partial charge is 0.418 e. The van der Waals surface area contributed by atoms with Crippen molar-refractivity contribution in [3.05, 3.63) is 29.3 Å². The second-order valence-corrected chi connectivity index (χ2v) is 5.89. The molecule has 1 fully saturated rings. The van der Waals surface area contributed by atoms with Crippen molar-refractivity contribution in [2.75, 3.05) is 18.0 Å². The van der Waals surface area contributed by atoms with Crippen molar-refractivity contribution in [2.24, 2.45) is 11.8 Å². The molecule has 0 saturated carbocycles. The summed E-state index contributed by atoms with van der Waals surface area (Å²) in [5.74, 6) is -0.726. The fourth-order valence-corrected chi connectivity index (χ4v) is 3.03. The zero-order chi connectivity index (χ0) is 15.8. The summed E-state index contributed by atoms with van der Waals surface area (Å²) < 4.78 is 39.7. The van der Waals surface area contributed by atoms with Crippen molar-refractivity contribution in [1.82, 2.24) is 0 Å². The van der Waals surface area contributed by atoms with E-state index in [0.29, 0.717) is 24.9 Å². The molecule has 0 spiro atoms. The van der Waals surface area contributed by atoms with E-state index in [4.69, 9.17) is 5.11 Å². The molecule has 0 bridgehead atoms. The summed E-state index contributed by atoms with van der Waals surface area (Å²) in [6.45, 7) is 5.14. The normalized spacial score (nSPS) is 23.2. The molecule has 1 heterocycles. The average Bonchev–Trinajstić information content (AvgIpc) is 2.35. The second kappa shape index (κ2) is 5.58. The van der Waals surface area contributed by atoms with Crippen LogP contribution in [0.2, 0.25) is 0 Å². The zero-order valence-electron chi connectivity index (χ0n) is 11.9. The maximum absolute atomic E-state index is 13.2. The van der Waals surface area contributed by atoms with Crippen LogP contribution >= 0.6 is 0 Å². The molecule has 2 rings (SSSR count). The van der Waals surface area contributed by atoms with Gasteiger partial charge in [-0.25, -0.2) is 4.79 Å². The van der Waals surface area contributed by atoms with Gasteiger partial charge in [0.1, 0.15) is 0 Å². The summed E-state index contributed by atoms with van der Waals surface area (Å²) in [5.41, 5.74) is -1.14. The predicted molar refractivity (Wildman–Crippen MR) is 73.6 cm³/mol. The summed E-state index contributed by atoms with van der Waals surface area (Å²) in [7, 11) is 0. The Balaban J connectivity index is 2.45. The van der Waals surface area contributed by atoms with Gasteiger partial charge in [0.15, 0.2) is 0 Å². The van der Waals surface area contributed by atoms with Gasteiger partial charge in [0.25, 0.3) is 0 Å². The van der Waals surface area contributed by atoms with Crippen LogP contribution in [0.3, 0.4) is 0 Å². The Morgan fingerprint density at radius 1 is 1.24 bits per heavy atom. The quantitative estimate of drug-likeness (QED) is 0.901.